The molecule has 0 saturated carbocycles. The van der Waals surface area contributed by atoms with Crippen molar-refractivity contribution in [2.75, 3.05) is 6.26 Å². The van der Waals surface area contributed by atoms with E-state index in [1.54, 1.807) is 11.8 Å². The Morgan fingerprint density at radius 1 is 1.43 bits per heavy atom. The fourth-order valence-electron chi connectivity index (χ4n) is 2.47. The van der Waals surface area contributed by atoms with E-state index in [2.05, 4.69) is 35.8 Å². The van der Waals surface area contributed by atoms with Crippen LogP contribution in [0.5, 0.6) is 0 Å². The summed E-state index contributed by atoms with van der Waals surface area (Å²) in [6, 6.07) is 8.28. The van der Waals surface area contributed by atoms with Gasteiger partial charge in [-0.15, -0.1) is 11.8 Å². The molecule has 1 atom stereocenters. The second-order valence-electron chi connectivity index (χ2n) is 4.83. The zero-order valence-electron chi connectivity index (χ0n) is 12.6. The highest BCUT2D eigenvalue weighted by atomic mass is 35.5. The molecule has 21 heavy (non-hydrogen) atoms. The number of thioether (sulfide) groups is 1. The second-order valence-corrected chi connectivity index (χ2v) is 6.05. The van der Waals surface area contributed by atoms with Crippen LogP contribution in [0.4, 0.5) is 0 Å². The lowest BCUT2D eigenvalue weighted by Gasteiger charge is -2.19. The quantitative estimate of drug-likeness (QED) is 0.486. The highest BCUT2D eigenvalue weighted by molar-refractivity contribution is 7.98. The van der Waals surface area contributed by atoms with Gasteiger partial charge in [-0.2, -0.15) is 5.10 Å². The Bertz CT molecular complexity index is 612. The number of rotatable bonds is 6. The van der Waals surface area contributed by atoms with Crippen LogP contribution >= 0.6 is 23.4 Å². The number of aromatic nitrogens is 2. The molecule has 0 aliphatic carbocycles. The van der Waals surface area contributed by atoms with Crippen molar-refractivity contribution in [3.05, 3.63) is 46.2 Å². The van der Waals surface area contributed by atoms with Crippen LogP contribution in [-0.4, -0.2) is 16.0 Å². The standard InChI is InChI=1S/C15H21ClN4S/c1-4-20-13(15(16)10(2)19-20)9-12(18-17)11-7-5-6-8-14(11)21-3/h5-8,12,18H,4,9,17H2,1-3H3. The van der Waals surface area contributed by atoms with Crippen molar-refractivity contribution in [2.24, 2.45) is 5.84 Å². The minimum Gasteiger partial charge on any atom is -0.271 e. The molecule has 2 rings (SSSR count). The predicted octanol–water partition coefficient (Wildman–Crippen LogP) is 3.33. The van der Waals surface area contributed by atoms with Gasteiger partial charge in [-0.25, -0.2) is 0 Å². The molecule has 0 aliphatic heterocycles. The summed E-state index contributed by atoms with van der Waals surface area (Å²) >= 11 is 8.12. The van der Waals surface area contributed by atoms with E-state index in [4.69, 9.17) is 17.4 Å². The van der Waals surface area contributed by atoms with Gasteiger partial charge in [-0.3, -0.25) is 16.0 Å². The first-order valence-electron chi connectivity index (χ1n) is 6.93. The largest absolute Gasteiger partial charge is 0.271 e. The number of benzene rings is 1. The first-order chi connectivity index (χ1) is 10.1. The van der Waals surface area contributed by atoms with Crippen LogP contribution in [0.3, 0.4) is 0 Å². The number of hydrogen-bond donors (Lipinski definition) is 2. The lowest BCUT2D eigenvalue weighted by atomic mass is 10.0. The monoisotopic (exact) mass is 324 g/mol. The maximum atomic E-state index is 6.40. The number of hydrazine groups is 1. The van der Waals surface area contributed by atoms with Crippen LogP contribution in [-0.2, 0) is 13.0 Å². The zero-order chi connectivity index (χ0) is 15.4. The SMILES string of the molecule is CCn1nc(C)c(Cl)c1CC(NN)c1ccccc1SC. The van der Waals surface area contributed by atoms with E-state index >= 15 is 0 Å². The maximum absolute atomic E-state index is 6.40. The van der Waals surface area contributed by atoms with Gasteiger partial charge in [-0.1, -0.05) is 29.8 Å². The Kier molecular flexibility index (Phi) is 5.70. The third kappa shape index (κ3) is 3.43. The van der Waals surface area contributed by atoms with Crippen LogP contribution in [0.15, 0.2) is 29.2 Å². The van der Waals surface area contributed by atoms with E-state index in [1.165, 1.54) is 10.5 Å². The van der Waals surface area contributed by atoms with Crippen molar-refractivity contribution >= 4 is 23.4 Å². The molecule has 4 nitrogen and oxygen atoms in total. The molecule has 1 unspecified atom stereocenters. The summed E-state index contributed by atoms with van der Waals surface area (Å²) in [6.45, 7) is 4.79. The molecule has 2 aromatic rings. The molecule has 1 aromatic carbocycles. The fraction of sp³-hybridized carbons (Fsp3) is 0.400. The molecular formula is C15H21ClN4S. The molecule has 0 fully saturated rings. The Hall–Kier alpha value is -1.01. The van der Waals surface area contributed by atoms with Crippen LogP contribution in [0.25, 0.3) is 0 Å². The van der Waals surface area contributed by atoms with Crippen molar-refractivity contribution < 1.29 is 0 Å². The molecule has 114 valence electrons. The smallest absolute Gasteiger partial charge is 0.0847 e. The minimum atomic E-state index is 0.00699. The maximum Gasteiger partial charge on any atom is 0.0847 e. The number of hydrogen-bond acceptors (Lipinski definition) is 4. The Morgan fingerprint density at radius 3 is 2.76 bits per heavy atom. The number of nitrogens with zero attached hydrogens (tertiary/aromatic N) is 2. The van der Waals surface area contributed by atoms with Gasteiger partial charge in [0.25, 0.3) is 0 Å². The van der Waals surface area contributed by atoms with Gasteiger partial charge in [0.05, 0.1) is 22.5 Å². The van der Waals surface area contributed by atoms with E-state index in [0.717, 1.165) is 23.0 Å². The van der Waals surface area contributed by atoms with Crippen molar-refractivity contribution in [1.82, 2.24) is 15.2 Å². The molecule has 6 heteroatoms. The lowest BCUT2D eigenvalue weighted by molar-refractivity contribution is 0.511. The summed E-state index contributed by atoms with van der Waals surface area (Å²) in [5, 5.41) is 5.20. The predicted molar refractivity (Wildman–Crippen MR) is 89.6 cm³/mol. The van der Waals surface area contributed by atoms with Crippen LogP contribution < -0.4 is 11.3 Å². The third-order valence-corrected chi connectivity index (χ3v) is 4.87. The molecule has 0 aliphatic rings. The summed E-state index contributed by atoms with van der Waals surface area (Å²) in [5.41, 5.74) is 5.99. The minimum absolute atomic E-state index is 0.00699. The van der Waals surface area contributed by atoms with Crippen molar-refractivity contribution in [2.45, 2.75) is 37.8 Å². The molecule has 0 amide bonds. The normalized spacial score (nSPS) is 12.6. The van der Waals surface area contributed by atoms with E-state index in [1.807, 2.05) is 23.7 Å². The number of nitrogens with two attached hydrogens (primary N) is 1. The zero-order valence-corrected chi connectivity index (χ0v) is 14.1. The topological polar surface area (TPSA) is 55.9 Å². The Labute approximate surface area is 135 Å². The molecule has 0 bridgehead atoms. The molecule has 0 saturated heterocycles. The van der Waals surface area contributed by atoms with Crippen molar-refractivity contribution in [3.63, 3.8) is 0 Å². The average molecular weight is 325 g/mol. The Morgan fingerprint density at radius 2 is 2.14 bits per heavy atom. The van der Waals surface area contributed by atoms with Crippen LogP contribution in [0, 0.1) is 6.92 Å². The molecule has 3 N–H and O–H groups in total. The van der Waals surface area contributed by atoms with E-state index < -0.39 is 0 Å². The van der Waals surface area contributed by atoms with Crippen molar-refractivity contribution in [1.29, 1.82) is 0 Å². The summed E-state index contributed by atoms with van der Waals surface area (Å²) < 4.78 is 1.95. The number of aryl methyl sites for hydroxylation is 2. The Balaban J connectivity index is 2.36. The summed E-state index contributed by atoms with van der Waals surface area (Å²) in [6.07, 6.45) is 2.78. The van der Waals surface area contributed by atoms with Crippen LogP contribution in [0.2, 0.25) is 5.02 Å². The molecule has 1 aromatic heterocycles. The number of nitrogens with one attached hydrogen (secondary N) is 1. The molecule has 1 heterocycles. The first kappa shape index (κ1) is 16.4. The first-order valence-corrected chi connectivity index (χ1v) is 8.53. The average Bonchev–Trinajstić information content (AvgIpc) is 2.79. The van der Waals surface area contributed by atoms with Gasteiger partial charge in [0.2, 0.25) is 0 Å². The fourth-order valence-corrected chi connectivity index (χ4v) is 3.34. The number of halogens is 1. The highest BCUT2D eigenvalue weighted by Crippen LogP contribution is 2.30. The summed E-state index contributed by atoms with van der Waals surface area (Å²) in [4.78, 5) is 1.22. The lowest BCUT2D eigenvalue weighted by Crippen LogP contribution is -2.30. The third-order valence-electron chi connectivity index (χ3n) is 3.57. The van der Waals surface area contributed by atoms with Gasteiger partial charge in [0, 0.05) is 17.9 Å². The summed E-state index contributed by atoms with van der Waals surface area (Å²) in [7, 11) is 0. The van der Waals surface area contributed by atoms with Crippen LogP contribution in [0.1, 0.15) is 29.9 Å². The molecule has 0 radical (unpaired) electrons. The summed E-state index contributed by atoms with van der Waals surface area (Å²) in [5.74, 6) is 5.79. The van der Waals surface area contributed by atoms with Gasteiger partial charge in [-0.05, 0) is 31.7 Å². The second kappa shape index (κ2) is 7.31. The molecule has 0 spiro atoms. The van der Waals surface area contributed by atoms with Crippen molar-refractivity contribution in [3.8, 4) is 0 Å². The van der Waals surface area contributed by atoms with Gasteiger partial charge in [0.15, 0.2) is 0 Å². The highest BCUT2D eigenvalue weighted by Gasteiger charge is 2.20. The van der Waals surface area contributed by atoms with E-state index in [0.29, 0.717) is 6.42 Å². The van der Waals surface area contributed by atoms with Gasteiger partial charge in [0.1, 0.15) is 0 Å². The van der Waals surface area contributed by atoms with Gasteiger partial charge >= 0.3 is 0 Å². The molecular weight excluding hydrogens is 304 g/mol. The van der Waals surface area contributed by atoms with E-state index in [9.17, 15) is 0 Å². The van der Waals surface area contributed by atoms with Gasteiger partial charge < -0.3 is 0 Å². The van der Waals surface area contributed by atoms with E-state index in [-0.39, 0.29) is 6.04 Å².